The molecule has 0 saturated carbocycles. The fourth-order valence-corrected chi connectivity index (χ4v) is 4.91. The van der Waals surface area contributed by atoms with Crippen molar-refractivity contribution in [2.45, 2.75) is 12.5 Å². The van der Waals surface area contributed by atoms with E-state index in [9.17, 15) is 14.9 Å². The number of hydrogen-bond donors (Lipinski definition) is 1. The molecule has 0 bridgehead atoms. The number of nitrogens with one attached hydrogen (secondary N) is 1. The molecular formula is C26H26N4O4S. The number of aromatic nitrogens is 1. The van der Waals surface area contributed by atoms with E-state index in [1.165, 1.54) is 16.7 Å². The number of amides is 2. The zero-order valence-electron chi connectivity index (χ0n) is 19.4. The van der Waals surface area contributed by atoms with E-state index in [-0.39, 0.29) is 18.4 Å². The first-order chi connectivity index (χ1) is 17.1. The minimum Gasteiger partial charge on any atom is -0.494 e. The van der Waals surface area contributed by atoms with Gasteiger partial charge in [0.25, 0.3) is 5.91 Å². The van der Waals surface area contributed by atoms with Crippen molar-refractivity contribution in [3.8, 4) is 22.9 Å². The number of fused-ring (bicyclic) bond motifs is 1. The second kappa shape index (κ2) is 11.7. The maximum atomic E-state index is 13.0. The number of carbonyl (C=O) groups is 2. The van der Waals surface area contributed by atoms with Gasteiger partial charge < -0.3 is 19.7 Å². The third kappa shape index (κ3) is 5.91. The summed E-state index contributed by atoms with van der Waals surface area (Å²) in [5.41, 5.74) is 3.05. The van der Waals surface area contributed by atoms with Crippen LogP contribution in [0.5, 0.6) is 5.75 Å². The van der Waals surface area contributed by atoms with Crippen LogP contribution < -0.4 is 10.1 Å². The van der Waals surface area contributed by atoms with Crippen LogP contribution in [0, 0.1) is 11.3 Å². The van der Waals surface area contributed by atoms with E-state index in [0.717, 1.165) is 23.3 Å². The number of ether oxygens (including phenoxy) is 2. The lowest BCUT2D eigenvalue weighted by atomic mass is 10.0. The van der Waals surface area contributed by atoms with Gasteiger partial charge in [-0.3, -0.25) is 14.6 Å². The Balaban J connectivity index is 1.47. The molecule has 2 aromatic carbocycles. The third-order valence-corrected chi connectivity index (χ3v) is 6.70. The number of benzene rings is 2. The molecule has 1 saturated heterocycles. The zero-order valence-corrected chi connectivity index (χ0v) is 20.2. The van der Waals surface area contributed by atoms with Gasteiger partial charge in [0.05, 0.1) is 36.2 Å². The summed E-state index contributed by atoms with van der Waals surface area (Å²) in [6, 6.07) is 16.9. The molecule has 1 unspecified atom stereocenters. The summed E-state index contributed by atoms with van der Waals surface area (Å²) < 4.78 is 10.8. The number of pyridine rings is 1. The summed E-state index contributed by atoms with van der Waals surface area (Å²) in [6.07, 6.45) is 2.40. The van der Waals surface area contributed by atoms with Gasteiger partial charge in [-0.05, 0) is 41.5 Å². The van der Waals surface area contributed by atoms with Crippen LogP contribution in [0.2, 0.25) is 0 Å². The Bertz CT molecular complexity index is 1240. The summed E-state index contributed by atoms with van der Waals surface area (Å²) in [6.45, 7) is 1.08. The van der Waals surface area contributed by atoms with Crippen LogP contribution in [0.25, 0.3) is 22.0 Å². The van der Waals surface area contributed by atoms with Crippen LogP contribution in [-0.2, 0) is 9.53 Å². The minimum absolute atomic E-state index is 0.160. The smallest absolute Gasteiger partial charge is 0.252 e. The van der Waals surface area contributed by atoms with Crippen LogP contribution in [0.3, 0.4) is 0 Å². The topological polar surface area (TPSA) is 105 Å². The second-order valence-electron chi connectivity index (χ2n) is 8.00. The van der Waals surface area contributed by atoms with Crippen molar-refractivity contribution in [1.29, 1.82) is 5.26 Å². The summed E-state index contributed by atoms with van der Waals surface area (Å²) >= 11 is 1.53. The second-order valence-corrected chi connectivity index (χ2v) is 9.00. The van der Waals surface area contributed by atoms with E-state index in [0.29, 0.717) is 41.3 Å². The molecule has 180 valence electrons. The summed E-state index contributed by atoms with van der Waals surface area (Å²) in [5, 5.41) is 12.6. The van der Waals surface area contributed by atoms with Crippen molar-refractivity contribution in [3.63, 3.8) is 0 Å². The quantitative estimate of drug-likeness (QED) is 0.458. The lowest BCUT2D eigenvalue weighted by Gasteiger charge is -2.18. The first-order valence-electron chi connectivity index (χ1n) is 11.3. The molecule has 1 aromatic heterocycles. The fourth-order valence-electron chi connectivity index (χ4n) is 3.81. The molecular weight excluding hydrogens is 464 g/mol. The van der Waals surface area contributed by atoms with E-state index < -0.39 is 6.04 Å². The highest BCUT2D eigenvalue weighted by atomic mass is 32.2. The van der Waals surface area contributed by atoms with Gasteiger partial charge in [0.15, 0.2) is 0 Å². The average Bonchev–Trinajstić information content (AvgIpc) is 3.38. The van der Waals surface area contributed by atoms with Crippen molar-refractivity contribution in [1.82, 2.24) is 15.2 Å². The lowest BCUT2D eigenvalue weighted by Crippen LogP contribution is -2.42. The largest absolute Gasteiger partial charge is 0.494 e. The van der Waals surface area contributed by atoms with Crippen molar-refractivity contribution < 1.29 is 19.1 Å². The van der Waals surface area contributed by atoms with Crippen LogP contribution in [-0.4, -0.2) is 66.2 Å². The van der Waals surface area contributed by atoms with Gasteiger partial charge in [0, 0.05) is 37.5 Å². The van der Waals surface area contributed by atoms with E-state index in [2.05, 4.69) is 16.4 Å². The van der Waals surface area contributed by atoms with Crippen LogP contribution in [0.15, 0.2) is 54.7 Å². The monoisotopic (exact) mass is 490 g/mol. The Morgan fingerprint density at radius 2 is 1.97 bits per heavy atom. The van der Waals surface area contributed by atoms with Gasteiger partial charge >= 0.3 is 0 Å². The predicted octanol–water partition coefficient (Wildman–Crippen LogP) is 3.47. The van der Waals surface area contributed by atoms with Gasteiger partial charge in [-0.15, -0.1) is 11.8 Å². The molecule has 1 aliphatic rings. The van der Waals surface area contributed by atoms with Crippen molar-refractivity contribution in [3.05, 3.63) is 60.3 Å². The average molecular weight is 491 g/mol. The molecule has 1 fully saturated rings. The molecule has 0 spiro atoms. The Labute approximate surface area is 208 Å². The normalized spacial score (nSPS) is 15.1. The first kappa shape index (κ1) is 24.5. The van der Waals surface area contributed by atoms with Crippen molar-refractivity contribution in [2.75, 3.05) is 38.5 Å². The van der Waals surface area contributed by atoms with Crippen LogP contribution in [0.1, 0.15) is 16.8 Å². The number of nitriles is 1. The Morgan fingerprint density at radius 3 is 2.74 bits per heavy atom. The molecule has 8 nitrogen and oxygen atoms in total. The molecule has 2 amide bonds. The molecule has 1 atom stereocenters. The minimum atomic E-state index is -0.448. The first-order valence-corrected chi connectivity index (χ1v) is 12.4. The SMILES string of the molecule is COCCCOc1ccc(-c2ccc3nccc(C(=O)NCC(=O)N4CSCC4C#N)c3c2)cc1. The van der Waals surface area contributed by atoms with E-state index in [4.69, 9.17) is 9.47 Å². The van der Waals surface area contributed by atoms with Crippen molar-refractivity contribution >= 4 is 34.5 Å². The number of rotatable bonds is 9. The molecule has 4 rings (SSSR count). The predicted molar refractivity (Wildman–Crippen MR) is 135 cm³/mol. The van der Waals surface area contributed by atoms with Crippen molar-refractivity contribution in [2.24, 2.45) is 0 Å². The number of nitrogens with zero attached hydrogens (tertiary/aromatic N) is 3. The molecule has 3 aromatic rings. The lowest BCUT2D eigenvalue weighted by molar-refractivity contribution is -0.129. The molecule has 35 heavy (non-hydrogen) atoms. The number of thioether (sulfide) groups is 1. The molecule has 1 N–H and O–H groups in total. The molecule has 2 heterocycles. The third-order valence-electron chi connectivity index (χ3n) is 5.69. The molecule has 0 radical (unpaired) electrons. The highest BCUT2D eigenvalue weighted by Gasteiger charge is 2.29. The highest BCUT2D eigenvalue weighted by molar-refractivity contribution is 7.99. The number of carbonyl (C=O) groups excluding carboxylic acids is 2. The summed E-state index contributed by atoms with van der Waals surface area (Å²) in [7, 11) is 1.67. The number of methoxy groups -OCH3 is 1. The number of hydrogen-bond acceptors (Lipinski definition) is 7. The van der Waals surface area contributed by atoms with Gasteiger partial charge in [0.2, 0.25) is 5.91 Å². The standard InChI is InChI=1S/C26H26N4O4S/c1-33-11-2-12-34-21-6-3-18(4-7-21)19-5-8-24-23(13-19)22(9-10-28-24)26(32)29-15-25(31)30-17-35-16-20(30)14-27/h3-10,13,20H,2,11-12,15-17H2,1H3,(H,29,32). The maximum absolute atomic E-state index is 13.0. The zero-order chi connectivity index (χ0) is 24.6. The molecule has 9 heteroatoms. The van der Waals surface area contributed by atoms with Gasteiger partial charge in [0.1, 0.15) is 11.8 Å². The van der Waals surface area contributed by atoms with E-state index >= 15 is 0 Å². The van der Waals surface area contributed by atoms with E-state index in [1.54, 1.807) is 19.4 Å². The van der Waals surface area contributed by atoms with E-state index in [1.807, 2.05) is 42.5 Å². The van der Waals surface area contributed by atoms with Gasteiger partial charge in [-0.25, -0.2) is 0 Å². The van der Waals surface area contributed by atoms with Gasteiger partial charge in [-0.2, -0.15) is 5.26 Å². The molecule has 0 aliphatic carbocycles. The van der Waals surface area contributed by atoms with Gasteiger partial charge in [-0.1, -0.05) is 18.2 Å². The van der Waals surface area contributed by atoms with Crippen LogP contribution in [0.4, 0.5) is 0 Å². The Morgan fingerprint density at radius 1 is 1.17 bits per heavy atom. The molecule has 1 aliphatic heterocycles. The maximum Gasteiger partial charge on any atom is 0.252 e. The Hall–Kier alpha value is -3.61. The summed E-state index contributed by atoms with van der Waals surface area (Å²) in [4.78, 5) is 31.3. The fraction of sp³-hybridized carbons (Fsp3) is 0.308. The summed E-state index contributed by atoms with van der Waals surface area (Å²) in [5.74, 6) is 1.22. The highest BCUT2D eigenvalue weighted by Crippen LogP contribution is 2.27. The Kier molecular flexibility index (Phi) is 8.19. The van der Waals surface area contributed by atoms with Crippen LogP contribution >= 0.6 is 11.8 Å².